The highest BCUT2D eigenvalue weighted by Crippen LogP contribution is 2.29. The molecule has 0 unspecified atom stereocenters. The average Bonchev–Trinajstić information content (AvgIpc) is 3.06. The van der Waals surface area contributed by atoms with Gasteiger partial charge in [-0.1, -0.05) is 50.9 Å². The van der Waals surface area contributed by atoms with Crippen LogP contribution in [0.25, 0.3) is 0 Å². The molecule has 1 aliphatic rings. The first kappa shape index (κ1) is 40.3. The van der Waals surface area contributed by atoms with Crippen LogP contribution in [0, 0.1) is 23.7 Å². The highest BCUT2D eigenvalue weighted by Gasteiger charge is 2.32. The van der Waals surface area contributed by atoms with E-state index in [1.54, 1.807) is 0 Å². The molecule has 4 atom stereocenters. The molecule has 0 fully saturated rings. The van der Waals surface area contributed by atoms with Crippen LogP contribution in [0.4, 0.5) is 0 Å². The lowest BCUT2D eigenvalue weighted by molar-refractivity contribution is -0.147. The van der Waals surface area contributed by atoms with Gasteiger partial charge in [0.1, 0.15) is 24.7 Å². The second-order valence-electron chi connectivity index (χ2n) is 12.8. The molecule has 14 heteroatoms. The lowest BCUT2D eigenvalue weighted by Crippen LogP contribution is -2.44. The van der Waals surface area contributed by atoms with Gasteiger partial charge in [0.2, 0.25) is 11.8 Å². The molecule has 0 spiro atoms. The van der Waals surface area contributed by atoms with Crippen LogP contribution >= 0.6 is 23.2 Å². The van der Waals surface area contributed by atoms with Crippen LogP contribution in [0.5, 0.6) is 11.5 Å². The van der Waals surface area contributed by atoms with Gasteiger partial charge in [0.05, 0.1) is 49.3 Å². The largest absolute Gasteiger partial charge is 0.491 e. The highest BCUT2D eigenvalue weighted by atomic mass is 35.5. The molecule has 1 aliphatic heterocycles. The van der Waals surface area contributed by atoms with Crippen molar-refractivity contribution in [2.75, 3.05) is 27.4 Å². The molecule has 1 heterocycles. The van der Waals surface area contributed by atoms with E-state index >= 15 is 0 Å². The minimum Gasteiger partial charge on any atom is -0.491 e. The Morgan fingerprint density at radius 3 is 1.34 bits per heavy atom. The van der Waals surface area contributed by atoms with Crippen molar-refractivity contribution in [1.82, 2.24) is 10.6 Å². The van der Waals surface area contributed by atoms with Gasteiger partial charge in [-0.05, 0) is 48.2 Å². The monoisotopic (exact) mass is 734 g/mol. The van der Waals surface area contributed by atoms with Crippen LogP contribution in [0.15, 0.2) is 36.4 Å². The molecule has 2 N–H and O–H groups in total. The van der Waals surface area contributed by atoms with Crippen LogP contribution < -0.4 is 20.1 Å². The number of esters is 2. The number of nitrogens with one attached hydrogen (secondary N) is 2. The molecule has 12 nitrogen and oxygen atoms in total. The molecular formula is C36H44Cl2N2O10. The Labute approximate surface area is 301 Å². The lowest BCUT2D eigenvalue weighted by atomic mass is 9.93. The van der Waals surface area contributed by atoms with E-state index in [-0.39, 0.29) is 83.4 Å². The summed E-state index contributed by atoms with van der Waals surface area (Å²) in [7, 11) is 2.34. The molecule has 0 bridgehead atoms. The number of hydrogen-bond acceptors (Lipinski definition) is 10. The Morgan fingerprint density at radius 1 is 0.660 bits per heavy atom. The first-order chi connectivity index (χ1) is 23.6. The molecule has 0 saturated heterocycles. The zero-order valence-corrected chi connectivity index (χ0v) is 30.5. The quantitative estimate of drug-likeness (QED) is 0.397. The number of carbonyl (C=O) groups excluding carboxylic acids is 6. The van der Waals surface area contributed by atoms with Gasteiger partial charge in [-0.2, -0.15) is 0 Å². The molecule has 3 rings (SSSR count). The standard InChI is InChI=1S/C36H44Cl2N2O10/c1-19(2)27-17-49-31-9-7-23(37)15-25(31)29(41)12-22(36(46)48-6)14-34(44)40-28(20(3)4)18-50-32-10-8-24(38)16-26(32)30(42)11-21(35(45)47-5)13-33(43)39-27/h7-10,15-16,19-22,27-28H,11-14,17-18H2,1-6H3,(H,39,43)(H,40,44)/t21-,22-,27+,28+/m0/s1. The van der Waals surface area contributed by atoms with Gasteiger partial charge in [0, 0.05) is 35.7 Å². The summed E-state index contributed by atoms with van der Waals surface area (Å²) in [4.78, 5) is 79.4. The number of carbonyl (C=O) groups is 6. The van der Waals surface area contributed by atoms with Crippen molar-refractivity contribution in [2.24, 2.45) is 23.7 Å². The summed E-state index contributed by atoms with van der Waals surface area (Å²) in [6.45, 7) is 7.26. The van der Waals surface area contributed by atoms with Gasteiger partial charge < -0.3 is 29.6 Å². The summed E-state index contributed by atoms with van der Waals surface area (Å²) in [5.74, 6) is -5.82. The number of amides is 2. The summed E-state index contributed by atoms with van der Waals surface area (Å²) in [6.07, 6.45) is -1.48. The van der Waals surface area contributed by atoms with Crippen LogP contribution in [0.2, 0.25) is 10.0 Å². The number of rotatable bonds is 4. The fraction of sp³-hybridized carbons (Fsp3) is 0.500. The predicted molar refractivity (Wildman–Crippen MR) is 186 cm³/mol. The maximum Gasteiger partial charge on any atom is 0.309 e. The van der Waals surface area contributed by atoms with E-state index in [0.717, 1.165) is 0 Å². The van der Waals surface area contributed by atoms with E-state index in [1.807, 2.05) is 27.7 Å². The zero-order chi connectivity index (χ0) is 37.1. The van der Waals surface area contributed by atoms with Crippen LogP contribution in [0.3, 0.4) is 0 Å². The highest BCUT2D eigenvalue weighted by molar-refractivity contribution is 6.31. The third kappa shape index (κ3) is 11.4. The van der Waals surface area contributed by atoms with Crippen molar-refractivity contribution >= 4 is 58.5 Å². The summed E-state index contributed by atoms with van der Waals surface area (Å²) in [6, 6.07) is 7.72. The van der Waals surface area contributed by atoms with Crippen LogP contribution in [-0.4, -0.2) is 74.8 Å². The minimum absolute atomic E-state index is 0.0736. The van der Waals surface area contributed by atoms with Crippen molar-refractivity contribution in [2.45, 2.75) is 65.5 Å². The van der Waals surface area contributed by atoms with E-state index in [9.17, 15) is 28.8 Å². The van der Waals surface area contributed by atoms with Gasteiger partial charge >= 0.3 is 11.9 Å². The number of fused-ring (bicyclic) bond motifs is 2. The molecule has 0 saturated carbocycles. The van der Waals surface area contributed by atoms with E-state index in [0.29, 0.717) is 0 Å². The number of hydrogen-bond donors (Lipinski definition) is 2. The smallest absolute Gasteiger partial charge is 0.309 e. The number of benzene rings is 2. The van der Waals surface area contributed by atoms with Gasteiger partial charge in [-0.15, -0.1) is 0 Å². The molecular weight excluding hydrogens is 691 g/mol. The van der Waals surface area contributed by atoms with Crippen LogP contribution in [-0.2, 0) is 28.7 Å². The minimum atomic E-state index is -1.13. The van der Waals surface area contributed by atoms with Gasteiger partial charge in [0.15, 0.2) is 11.6 Å². The average molecular weight is 736 g/mol. The summed E-state index contributed by atoms with van der Waals surface area (Å²) < 4.78 is 21.9. The summed E-state index contributed by atoms with van der Waals surface area (Å²) >= 11 is 12.5. The summed E-state index contributed by atoms with van der Waals surface area (Å²) in [5.41, 5.74) is 0.165. The Kier molecular flexibility index (Phi) is 15.1. The molecule has 0 radical (unpaired) electrons. The summed E-state index contributed by atoms with van der Waals surface area (Å²) in [5, 5.41) is 6.22. The van der Waals surface area contributed by atoms with Gasteiger partial charge in [-0.3, -0.25) is 28.8 Å². The second kappa shape index (κ2) is 18.7. The molecule has 2 amide bonds. The molecule has 272 valence electrons. The van der Waals surface area contributed by atoms with Gasteiger partial charge in [-0.25, -0.2) is 0 Å². The number of Topliss-reactive ketones (excluding diaryl/α,β-unsaturated/α-hetero) is 2. The second-order valence-corrected chi connectivity index (χ2v) is 13.7. The maximum absolute atomic E-state index is 13.6. The Hall–Kier alpha value is -4.16. The number of ether oxygens (including phenoxy) is 4. The SMILES string of the molecule is COC(=O)[C@@H]1CC(=O)N[C@@H](C(C)C)COc2ccc(Cl)cc2C(=O)C[C@H](C(=O)OC)CC(=O)N[C@@H](C(C)C)COc2ccc(Cl)cc2C(=O)C1. The van der Waals surface area contributed by atoms with E-state index in [1.165, 1.54) is 50.6 Å². The topological polar surface area (TPSA) is 163 Å². The predicted octanol–water partition coefficient (Wildman–Crippen LogP) is 5.25. The van der Waals surface area contributed by atoms with Gasteiger partial charge in [0.25, 0.3) is 0 Å². The van der Waals surface area contributed by atoms with Crippen molar-refractivity contribution in [1.29, 1.82) is 0 Å². The molecule has 2 aromatic carbocycles. The molecule has 0 aliphatic carbocycles. The Bertz CT molecular complexity index is 1460. The Balaban J connectivity index is 2.05. The van der Waals surface area contributed by atoms with Crippen molar-refractivity contribution in [3.63, 3.8) is 0 Å². The van der Waals surface area contributed by atoms with E-state index in [4.69, 9.17) is 42.1 Å². The normalized spacial score (nSPS) is 21.6. The van der Waals surface area contributed by atoms with Crippen molar-refractivity contribution in [3.05, 3.63) is 57.6 Å². The van der Waals surface area contributed by atoms with Crippen molar-refractivity contribution < 1.29 is 47.7 Å². The molecule has 0 aromatic heterocycles. The number of halogens is 2. The molecule has 50 heavy (non-hydrogen) atoms. The molecule has 2 aromatic rings. The number of methoxy groups -OCH3 is 2. The number of ketones is 2. The first-order valence-corrected chi connectivity index (χ1v) is 17.0. The van der Waals surface area contributed by atoms with E-state index in [2.05, 4.69) is 10.6 Å². The Morgan fingerprint density at radius 2 is 1.02 bits per heavy atom. The zero-order valence-electron chi connectivity index (χ0n) is 29.0. The first-order valence-electron chi connectivity index (χ1n) is 16.3. The lowest BCUT2D eigenvalue weighted by Gasteiger charge is -2.25. The van der Waals surface area contributed by atoms with Crippen molar-refractivity contribution in [3.8, 4) is 11.5 Å². The van der Waals surface area contributed by atoms with Crippen LogP contribution in [0.1, 0.15) is 74.1 Å². The third-order valence-corrected chi connectivity index (χ3v) is 8.89. The fourth-order valence-corrected chi connectivity index (χ4v) is 5.65. The maximum atomic E-state index is 13.6. The third-order valence-electron chi connectivity index (χ3n) is 8.42. The fourth-order valence-electron chi connectivity index (χ4n) is 5.31. The van der Waals surface area contributed by atoms with E-state index < -0.39 is 59.2 Å².